The summed E-state index contributed by atoms with van der Waals surface area (Å²) in [4.78, 5) is 13.2. The van der Waals surface area contributed by atoms with Crippen LogP contribution in [0.5, 0.6) is 0 Å². The molecule has 1 saturated heterocycles. The summed E-state index contributed by atoms with van der Waals surface area (Å²) < 4.78 is 47.9. The SMILES string of the molecule is CCCCCCCCCCCCCC/C=C\CCCCCCCCCC(=O)NC(COC1OC(CO)C(O)C(OS(=O)(=O)O)C1O)C(O)CCCCCCCCCCCCCCCCCCCCCC. The molecule has 0 radical (unpaired) electrons. The predicted octanol–water partition coefficient (Wildman–Crippen LogP) is 13.8. The van der Waals surface area contributed by atoms with Gasteiger partial charge in [-0.15, -0.1) is 0 Å². The summed E-state index contributed by atoms with van der Waals surface area (Å²) in [7, 11) is -5.08. The van der Waals surface area contributed by atoms with E-state index in [1.54, 1.807) is 0 Å². The number of unbranched alkanes of at least 4 members (excludes halogenated alkanes) is 38. The quantitative estimate of drug-likeness (QED) is 0.0193. The van der Waals surface area contributed by atoms with Crippen molar-refractivity contribution in [3.63, 3.8) is 0 Å². The molecule has 1 amide bonds. The molecule has 0 aliphatic carbocycles. The molecule has 1 aliphatic heterocycles. The summed E-state index contributed by atoms with van der Waals surface area (Å²) in [6.45, 7) is 3.50. The maximum Gasteiger partial charge on any atom is 0.397 e. The Balaban J connectivity index is 2.35. The second-order valence-corrected chi connectivity index (χ2v) is 22.0. The molecule has 0 bridgehead atoms. The maximum atomic E-state index is 13.2. The minimum Gasteiger partial charge on any atom is -0.394 e. The van der Waals surface area contributed by atoms with E-state index in [9.17, 15) is 38.2 Å². The second kappa shape index (κ2) is 47.5. The molecule has 0 spiro atoms. The summed E-state index contributed by atoms with van der Waals surface area (Å²) in [5.41, 5.74) is 0. The van der Waals surface area contributed by atoms with Gasteiger partial charge in [-0.1, -0.05) is 257 Å². The van der Waals surface area contributed by atoms with Crippen molar-refractivity contribution in [2.45, 2.75) is 333 Å². The summed E-state index contributed by atoms with van der Waals surface area (Å²) in [5.74, 6) is -0.229. The van der Waals surface area contributed by atoms with Crippen LogP contribution in [0.1, 0.15) is 290 Å². The van der Waals surface area contributed by atoms with Gasteiger partial charge in [0.25, 0.3) is 0 Å². The van der Waals surface area contributed by atoms with Gasteiger partial charge >= 0.3 is 10.4 Å². The third kappa shape index (κ3) is 39.3. The third-order valence-corrected chi connectivity index (χ3v) is 14.8. The Morgan fingerprint density at radius 2 is 0.914 bits per heavy atom. The van der Waals surface area contributed by atoms with Gasteiger partial charge in [-0.25, -0.2) is 4.18 Å². The highest BCUT2D eigenvalue weighted by Crippen LogP contribution is 2.26. The number of nitrogens with one attached hydrogen (secondary N) is 1. The highest BCUT2D eigenvalue weighted by molar-refractivity contribution is 7.80. The fourth-order valence-corrected chi connectivity index (χ4v) is 10.3. The van der Waals surface area contributed by atoms with Crippen LogP contribution in [0, 0.1) is 0 Å². The number of carbonyl (C=O) groups excluding carboxylic acids is 1. The molecule has 70 heavy (non-hydrogen) atoms. The van der Waals surface area contributed by atoms with Crippen LogP contribution >= 0.6 is 0 Å². The number of carbonyl (C=O) groups is 1. The van der Waals surface area contributed by atoms with Crippen LogP contribution in [-0.2, 0) is 28.9 Å². The second-order valence-electron chi connectivity index (χ2n) is 20.9. The summed E-state index contributed by atoms with van der Waals surface area (Å²) >= 11 is 0. The van der Waals surface area contributed by atoms with E-state index in [0.29, 0.717) is 12.8 Å². The minimum absolute atomic E-state index is 0.229. The number of rotatable bonds is 52. The van der Waals surface area contributed by atoms with Gasteiger partial charge in [-0.2, -0.15) is 8.42 Å². The standard InChI is InChI=1S/C57H111NO11S/c1-3-5-7-9-11-13-15-17-19-21-23-25-26-27-29-31-33-35-37-39-41-43-45-47-53(61)58-50(49-67-57-55(63)56(69-70(64,65)66)54(62)52(48-59)68-57)51(60)46-44-42-40-38-36-34-32-30-28-24-22-20-18-16-14-12-10-8-6-4-2/h27,29,50-52,54-57,59-60,62-63H,3-26,28,30-49H2,1-2H3,(H,58,61)(H,64,65,66)/b29-27-. The fourth-order valence-electron chi connectivity index (χ4n) is 9.75. The molecular weight excluding hydrogens is 907 g/mol. The van der Waals surface area contributed by atoms with E-state index in [1.807, 2.05) is 0 Å². The van der Waals surface area contributed by atoms with Gasteiger partial charge in [0.05, 0.1) is 25.4 Å². The zero-order valence-electron chi connectivity index (χ0n) is 45.1. The molecular formula is C57H111NO11S. The molecule has 1 aliphatic rings. The first-order valence-electron chi connectivity index (χ1n) is 29.6. The monoisotopic (exact) mass is 1020 g/mol. The Labute approximate surface area is 430 Å². The van der Waals surface area contributed by atoms with Crippen LogP contribution in [0.2, 0.25) is 0 Å². The number of amides is 1. The van der Waals surface area contributed by atoms with Crippen molar-refractivity contribution in [3.8, 4) is 0 Å². The lowest BCUT2D eigenvalue weighted by Gasteiger charge is -2.41. The lowest BCUT2D eigenvalue weighted by molar-refractivity contribution is -0.298. The predicted molar refractivity (Wildman–Crippen MR) is 287 cm³/mol. The van der Waals surface area contributed by atoms with Gasteiger partial charge in [0.15, 0.2) is 6.29 Å². The van der Waals surface area contributed by atoms with E-state index in [2.05, 4.69) is 35.5 Å². The van der Waals surface area contributed by atoms with Gasteiger partial charge in [-0.05, 0) is 38.5 Å². The Morgan fingerprint density at radius 1 is 0.557 bits per heavy atom. The van der Waals surface area contributed by atoms with Crippen LogP contribution in [0.3, 0.4) is 0 Å². The first kappa shape index (κ1) is 66.9. The first-order valence-corrected chi connectivity index (χ1v) is 30.9. The van der Waals surface area contributed by atoms with Crippen molar-refractivity contribution < 1.29 is 51.8 Å². The zero-order valence-corrected chi connectivity index (χ0v) is 45.9. The Morgan fingerprint density at radius 3 is 1.29 bits per heavy atom. The average Bonchev–Trinajstić information content (AvgIpc) is 3.33. The van der Waals surface area contributed by atoms with Crippen LogP contribution in [-0.4, -0.2) is 95.4 Å². The van der Waals surface area contributed by atoms with Gasteiger partial charge in [0.1, 0.15) is 24.4 Å². The Hall–Kier alpha value is -1.16. The molecule has 1 heterocycles. The number of hydrogen-bond donors (Lipinski definition) is 6. The summed E-state index contributed by atoms with van der Waals surface area (Å²) in [5, 5.41) is 45.1. The molecule has 7 atom stereocenters. The first-order chi connectivity index (χ1) is 34.0. The third-order valence-electron chi connectivity index (χ3n) is 14.3. The van der Waals surface area contributed by atoms with Crippen molar-refractivity contribution in [1.82, 2.24) is 5.32 Å². The van der Waals surface area contributed by atoms with Crippen molar-refractivity contribution in [2.75, 3.05) is 13.2 Å². The largest absolute Gasteiger partial charge is 0.397 e. The molecule has 0 aromatic carbocycles. The van der Waals surface area contributed by atoms with Crippen LogP contribution in [0.4, 0.5) is 0 Å². The normalized spacial score (nSPS) is 19.6. The van der Waals surface area contributed by atoms with E-state index in [0.717, 1.165) is 51.4 Å². The lowest BCUT2D eigenvalue weighted by atomic mass is 9.99. The molecule has 6 N–H and O–H groups in total. The summed E-state index contributed by atoms with van der Waals surface area (Å²) in [6, 6.07) is -0.859. The van der Waals surface area contributed by atoms with Gasteiger partial charge in [0.2, 0.25) is 5.91 Å². The molecule has 416 valence electrons. The molecule has 1 rings (SSSR count). The number of ether oxygens (including phenoxy) is 2. The number of allylic oxidation sites excluding steroid dienone is 2. The molecule has 0 aromatic rings. The van der Waals surface area contributed by atoms with Gasteiger partial charge in [-0.3, -0.25) is 9.35 Å². The fraction of sp³-hybridized carbons (Fsp3) is 0.947. The van der Waals surface area contributed by atoms with E-state index in [1.165, 1.54) is 205 Å². The number of aliphatic hydroxyl groups is 4. The van der Waals surface area contributed by atoms with Crippen molar-refractivity contribution in [3.05, 3.63) is 12.2 Å². The minimum atomic E-state index is -5.08. The van der Waals surface area contributed by atoms with Crippen molar-refractivity contribution in [1.29, 1.82) is 0 Å². The summed E-state index contributed by atoms with van der Waals surface area (Å²) in [6.07, 6.45) is 47.9. The maximum absolute atomic E-state index is 13.2. The topological polar surface area (TPSA) is 192 Å². The smallest absolute Gasteiger partial charge is 0.394 e. The van der Waals surface area contributed by atoms with Crippen LogP contribution in [0.15, 0.2) is 12.2 Å². The molecule has 0 aromatic heterocycles. The van der Waals surface area contributed by atoms with Gasteiger partial charge < -0.3 is 35.2 Å². The average molecular weight is 1020 g/mol. The lowest BCUT2D eigenvalue weighted by Crippen LogP contribution is -2.61. The van der Waals surface area contributed by atoms with Crippen LogP contribution < -0.4 is 5.32 Å². The van der Waals surface area contributed by atoms with Crippen molar-refractivity contribution in [2.24, 2.45) is 0 Å². The van der Waals surface area contributed by atoms with Crippen molar-refractivity contribution >= 4 is 16.3 Å². The molecule has 12 nitrogen and oxygen atoms in total. The zero-order chi connectivity index (χ0) is 51.2. The van der Waals surface area contributed by atoms with E-state index < -0.39 is 59.9 Å². The van der Waals surface area contributed by atoms with E-state index in [4.69, 9.17) is 9.47 Å². The van der Waals surface area contributed by atoms with Crippen LogP contribution in [0.25, 0.3) is 0 Å². The number of aliphatic hydroxyl groups excluding tert-OH is 4. The molecule has 0 saturated carbocycles. The van der Waals surface area contributed by atoms with Gasteiger partial charge in [0, 0.05) is 6.42 Å². The van der Waals surface area contributed by atoms with E-state index in [-0.39, 0.29) is 18.9 Å². The van der Waals surface area contributed by atoms with E-state index >= 15 is 0 Å². The Bertz CT molecular complexity index is 1290. The highest BCUT2D eigenvalue weighted by Gasteiger charge is 2.48. The molecule has 13 heteroatoms. The molecule has 1 fully saturated rings. The highest BCUT2D eigenvalue weighted by atomic mass is 32.3. The number of hydrogen-bond acceptors (Lipinski definition) is 10. The Kier molecular flexibility index (Phi) is 45.4. The molecule has 7 unspecified atom stereocenters.